The van der Waals surface area contributed by atoms with Crippen molar-refractivity contribution < 1.29 is 0 Å². The minimum Gasteiger partial charge on any atom is -0.307 e. The summed E-state index contributed by atoms with van der Waals surface area (Å²) in [6.07, 6.45) is 4.72. The average Bonchev–Trinajstić information content (AvgIpc) is 2.77. The van der Waals surface area contributed by atoms with E-state index in [0.717, 1.165) is 0 Å². The zero-order valence-corrected chi connectivity index (χ0v) is 9.89. The maximum atomic E-state index is 12.0. The highest BCUT2D eigenvalue weighted by Crippen LogP contribution is 2.01. The van der Waals surface area contributed by atoms with Crippen LogP contribution in [0.4, 0.5) is 5.82 Å². The number of fused-ring (bicyclic) bond motifs is 1. The summed E-state index contributed by atoms with van der Waals surface area (Å²) in [5.74, 6) is 5.67. The van der Waals surface area contributed by atoms with Crippen LogP contribution in [0.2, 0.25) is 0 Å². The summed E-state index contributed by atoms with van der Waals surface area (Å²) < 4.78 is 2.82. The van der Waals surface area contributed by atoms with Crippen molar-refractivity contribution in [2.75, 3.05) is 5.43 Å². The van der Waals surface area contributed by atoms with Gasteiger partial charge >= 0.3 is 5.69 Å². The number of aromatic nitrogens is 5. The van der Waals surface area contributed by atoms with E-state index in [0.29, 0.717) is 17.2 Å². The molecule has 0 amide bonds. The van der Waals surface area contributed by atoms with Gasteiger partial charge in [-0.3, -0.25) is 9.38 Å². The maximum Gasteiger partial charge on any atom is 0.350 e. The largest absolute Gasteiger partial charge is 0.350 e. The second kappa shape index (κ2) is 4.50. The van der Waals surface area contributed by atoms with Crippen molar-refractivity contribution >= 4 is 11.5 Å². The van der Waals surface area contributed by atoms with Crippen LogP contribution in [0, 0.1) is 0 Å². The summed E-state index contributed by atoms with van der Waals surface area (Å²) in [6.45, 7) is 0.262. The fourth-order valence-corrected chi connectivity index (χ4v) is 1.74. The number of hydrazine groups is 1. The van der Waals surface area contributed by atoms with Gasteiger partial charge in [0.05, 0.1) is 24.6 Å². The first-order valence-electron chi connectivity index (χ1n) is 5.59. The molecule has 0 saturated carbocycles. The van der Waals surface area contributed by atoms with Crippen molar-refractivity contribution in [2.45, 2.75) is 6.54 Å². The molecule has 3 N–H and O–H groups in total. The summed E-state index contributed by atoms with van der Waals surface area (Å²) in [6, 6.07) is 5.38. The highest BCUT2D eigenvalue weighted by atomic mass is 16.2. The standard InChI is InChI=1S/C11H11N7O/c12-15-9-6-13-8(5-14-9)7-18-11(19)17-4-2-1-3-10(17)16-18/h1-6H,7,12H2,(H,14,15). The Kier molecular flexibility index (Phi) is 2.69. The summed E-state index contributed by atoms with van der Waals surface area (Å²) >= 11 is 0. The highest BCUT2D eigenvalue weighted by molar-refractivity contribution is 5.35. The summed E-state index contributed by atoms with van der Waals surface area (Å²) in [7, 11) is 0. The van der Waals surface area contributed by atoms with E-state index in [-0.39, 0.29) is 12.2 Å². The Morgan fingerprint density at radius 2 is 2.16 bits per heavy atom. The topological polar surface area (TPSA) is 103 Å². The number of nitrogens with two attached hydrogens (primary N) is 1. The molecule has 0 aromatic carbocycles. The van der Waals surface area contributed by atoms with Gasteiger partial charge in [-0.25, -0.2) is 20.3 Å². The minimum absolute atomic E-state index is 0.210. The number of hydrogen-bond acceptors (Lipinski definition) is 6. The van der Waals surface area contributed by atoms with Gasteiger partial charge in [-0.15, -0.1) is 5.10 Å². The number of pyridine rings is 1. The molecule has 0 aliphatic rings. The molecule has 3 heterocycles. The van der Waals surface area contributed by atoms with Gasteiger partial charge in [0.15, 0.2) is 11.5 Å². The van der Waals surface area contributed by atoms with Crippen LogP contribution in [-0.2, 0) is 6.54 Å². The molecule has 3 aromatic heterocycles. The fraction of sp³-hybridized carbons (Fsp3) is 0.0909. The molecular formula is C11H11N7O. The molecule has 3 aromatic rings. The van der Waals surface area contributed by atoms with Gasteiger partial charge in [-0.2, -0.15) is 0 Å². The number of rotatable bonds is 3. The highest BCUT2D eigenvalue weighted by Gasteiger charge is 2.07. The first-order valence-corrected chi connectivity index (χ1v) is 5.59. The Balaban J connectivity index is 1.96. The van der Waals surface area contributed by atoms with E-state index in [4.69, 9.17) is 5.84 Å². The first kappa shape index (κ1) is 11.4. The lowest BCUT2D eigenvalue weighted by Crippen LogP contribution is -2.22. The number of hydrogen-bond donors (Lipinski definition) is 2. The zero-order chi connectivity index (χ0) is 13.2. The summed E-state index contributed by atoms with van der Waals surface area (Å²) in [4.78, 5) is 20.2. The van der Waals surface area contributed by atoms with E-state index in [2.05, 4.69) is 20.5 Å². The molecule has 3 rings (SSSR count). The molecule has 8 heteroatoms. The lowest BCUT2D eigenvalue weighted by molar-refractivity contribution is 0.644. The summed E-state index contributed by atoms with van der Waals surface area (Å²) in [5, 5.41) is 4.21. The van der Waals surface area contributed by atoms with Crippen LogP contribution in [0.15, 0.2) is 41.6 Å². The van der Waals surface area contributed by atoms with Crippen LogP contribution >= 0.6 is 0 Å². The summed E-state index contributed by atoms with van der Waals surface area (Å²) in [5.41, 5.74) is 3.41. The second-order valence-electron chi connectivity index (χ2n) is 3.91. The molecule has 19 heavy (non-hydrogen) atoms. The van der Waals surface area contributed by atoms with Crippen molar-refractivity contribution in [3.63, 3.8) is 0 Å². The van der Waals surface area contributed by atoms with E-state index in [1.807, 2.05) is 6.07 Å². The van der Waals surface area contributed by atoms with Gasteiger partial charge in [-0.05, 0) is 12.1 Å². The quantitative estimate of drug-likeness (QED) is 0.489. The molecule has 0 unspecified atom stereocenters. The molecule has 96 valence electrons. The van der Waals surface area contributed by atoms with Crippen molar-refractivity contribution in [2.24, 2.45) is 5.84 Å². The normalized spacial score (nSPS) is 10.8. The van der Waals surface area contributed by atoms with Gasteiger partial charge in [0.25, 0.3) is 0 Å². The van der Waals surface area contributed by atoms with E-state index in [1.54, 1.807) is 24.5 Å². The molecule has 0 aliphatic heterocycles. The van der Waals surface area contributed by atoms with Gasteiger partial charge in [0.2, 0.25) is 0 Å². The number of anilines is 1. The van der Waals surface area contributed by atoms with Crippen molar-refractivity contribution in [1.82, 2.24) is 24.1 Å². The Morgan fingerprint density at radius 3 is 2.84 bits per heavy atom. The van der Waals surface area contributed by atoms with E-state index in [9.17, 15) is 4.79 Å². The molecule has 0 radical (unpaired) electrons. The molecule has 0 bridgehead atoms. The van der Waals surface area contributed by atoms with E-state index in [1.165, 1.54) is 15.3 Å². The number of nitrogen functional groups attached to an aromatic ring is 1. The van der Waals surface area contributed by atoms with Crippen LogP contribution < -0.4 is 17.0 Å². The third kappa shape index (κ3) is 2.04. The van der Waals surface area contributed by atoms with Crippen LogP contribution in [0.3, 0.4) is 0 Å². The molecule has 0 spiro atoms. The smallest absolute Gasteiger partial charge is 0.307 e. The van der Waals surface area contributed by atoms with Crippen LogP contribution in [0.1, 0.15) is 5.69 Å². The second-order valence-corrected chi connectivity index (χ2v) is 3.91. The Bertz CT molecular complexity index is 759. The van der Waals surface area contributed by atoms with E-state index >= 15 is 0 Å². The van der Waals surface area contributed by atoms with Crippen molar-refractivity contribution in [3.8, 4) is 0 Å². The molecule has 8 nitrogen and oxygen atoms in total. The molecule has 0 saturated heterocycles. The van der Waals surface area contributed by atoms with Gasteiger partial charge in [-0.1, -0.05) is 6.07 Å². The van der Waals surface area contributed by atoms with Crippen molar-refractivity contribution in [3.05, 3.63) is 53.0 Å². The third-order valence-electron chi connectivity index (χ3n) is 2.65. The van der Waals surface area contributed by atoms with E-state index < -0.39 is 0 Å². The SMILES string of the molecule is NNc1cnc(Cn2nc3ccccn3c2=O)cn1. The zero-order valence-electron chi connectivity index (χ0n) is 9.89. The number of nitrogens with zero attached hydrogens (tertiary/aromatic N) is 5. The minimum atomic E-state index is -0.210. The fourth-order valence-electron chi connectivity index (χ4n) is 1.74. The van der Waals surface area contributed by atoms with Crippen molar-refractivity contribution in [1.29, 1.82) is 0 Å². The Hall–Kier alpha value is -2.74. The molecular weight excluding hydrogens is 246 g/mol. The van der Waals surface area contributed by atoms with Crippen LogP contribution in [0.5, 0.6) is 0 Å². The average molecular weight is 257 g/mol. The Morgan fingerprint density at radius 1 is 1.26 bits per heavy atom. The van der Waals surface area contributed by atoms with Gasteiger partial charge in [0.1, 0.15) is 0 Å². The van der Waals surface area contributed by atoms with Crippen LogP contribution in [-0.4, -0.2) is 24.1 Å². The lowest BCUT2D eigenvalue weighted by atomic mass is 10.4. The van der Waals surface area contributed by atoms with Gasteiger partial charge < -0.3 is 5.43 Å². The predicted molar refractivity (Wildman–Crippen MR) is 68.4 cm³/mol. The predicted octanol–water partition coefficient (Wildman–Crippen LogP) is -0.380. The molecule has 0 atom stereocenters. The monoisotopic (exact) mass is 257 g/mol. The third-order valence-corrected chi connectivity index (χ3v) is 2.65. The van der Waals surface area contributed by atoms with Gasteiger partial charge in [0, 0.05) is 6.20 Å². The maximum absolute atomic E-state index is 12.0. The molecule has 0 aliphatic carbocycles. The first-order chi connectivity index (χ1) is 9.28. The Labute approximate surface area is 107 Å². The lowest BCUT2D eigenvalue weighted by Gasteiger charge is -2.00. The van der Waals surface area contributed by atoms with Crippen LogP contribution in [0.25, 0.3) is 5.65 Å². The molecule has 0 fully saturated rings. The number of nitrogens with one attached hydrogen (secondary N) is 1.